The Morgan fingerprint density at radius 3 is 2.68 bits per heavy atom. The van der Waals surface area contributed by atoms with Crippen LogP contribution < -0.4 is 5.32 Å². The van der Waals surface area contributed by atoms with Gasteiger partial charge in [-0.2, -0.15) is 0 Å². The largest absolute Gasteiger partial charge is 0.382 e. The smallest absolute Gasteiger partial charge is 0.150 e. The van der Waals surface area contributed by atoms with Gasteiger partial charge in [0, 0.05) is 23.0 Å². The number of benzene rings is 1. The SMILES string of the molecule is Cc1ccc(NC2CCCC(S(C)(=O)=O)C2)cc1Cl. The summed E-state index contributed by atoms with van der Waals surface area (Å²) in [5, 5.41) is 3.93. The fourth-order valence-electron chi connectivity index (χ4n) is 2.58. The fourth-order valence-corrected chi connectivity index (χ4v) is 3.94. The van der Waals surface area contributed by atoms with Crippen molar-refractivity contribution >= 4 is 27.1 Å². The number of nitrogens with one attached hydrogen (secondary N) is 1. The Bertz CT molecular complexity index is 557. The first-order chi connectivity index (χ1) is 8.86. The van der Waals surface area contributed by atoms with E-state index in [9.17, 15) is 8.42 Å². The van der Waals surface area contributed by atoms with E-state index >= 15 is 0 Å². The third-order valence-electron chi connectivity index (χ3n) is 3.77. The molecule has 0 heterocycles. The van der Waals surface area contributed by atoms with E-state index in [4.69, 9.17) is 11.6 Å². The number of anilines is 1. The maximum atomic E-state index is 11.6. The highest BCUT2D eigenvalue weighted by Gasteiger charge is 2.28. The van der Waals surface area contributed by atoms with E-state index in [-0.39, 0.29) is 11.3 Å². The lowest BCUT2D eigenvalue weighted by Gasteiger charge is -2.29. The van der Waals surface area contributed by atoms with Gasteiger partial charge in [0.1, 0.15) is 9.84 Å². The number of hydrogen-bond acceptors (Lipinski definition) is 3. The van der Waals surface area contributed by atoms with Crippen molar-refractivity contribution in [2.45, 2.75) is 43.9 Å². The summed E-state index contributed by atoms with van der Waals surface area (Å²) in [4.78, 5) is 0. The van der Waals surface area contributed by atoms with Crippen molar-refractivity contribution < 1.29 is 8.42 Å². The molecule has 0 saturated heterocycles. The molecule has 5 heteroatoms. The highest BCUT2D eigenvalue weighted by atomic mass is 35.5. The van der Waals surface area contributed by atoms with Crippen LogP contribution in [0.1, 0.15) is 31.2 Å². The molecule has 0 radical (unpaired) electrons. The van der Waals surface area contributed by atoms with Gasteiger partial charge in [0.25, 0.3) is 0 Å². The van der Waals surface area contributed by atoms with Crippen LogP contribution in [0.15, 0.2) is 18.2 Å². The molecule has 0 aromatic heterocycles. The van der Waals surface area contributed by atoms with E-state index in [1.54, 1.807) is 0 Å². The zero-order valence-corrected chi connectivity index (χ0v) is 12.9. The lowest BCUT2D eigenvalue weighted by Crippen LogP contribution is -2.34. The predicted molar refractivity (Wildman–Crippen MR) is 80.7 cm³/mol. The Kier molecular flexibility index (Phi) is 4.41. The summed E-state index contributed by atoms with van der Waals surface area (Å²) in [7, 11) is -2.93. The molecule has 0 aliphatic heterocycles. The van der Waals surface area contributed by atoms with Crippen molar-refractivity contribution in [3.05, 3.63) is 28.8 Å². The predicted octanol–water partition coefficient (Wildman–Crippen LogP) is 3.42. The average Bonchev–Trinajstić information content (AvgIpc) is 2.33. The highest BCUT2D eigenvalue weighted by Crippen LogP contribution is 2.27. The second-order valence-corrected chi connectivity index (χ2v) is 8.16. The van der Waals surface area contributed by atoms with Crippen LogP contribution in [-0.2, 0) is 9.84 Å². The third-order valence-corrected chi connectivity index (χ3v) is 5.82. The van der Waals surface area contributed by atoms with E-state index in [1.165, 1.54) is 6.26 Å². The van der Waals surface area contributed by atoms with Gasteiger partial charge in [-0.05, 0) is 43.9 Å². The van der Waals surface area contributed by atoms with Crippen molar-refractivity contribution in [1.29, 1.82) is 0 Å². The van der Waals surface area contributed by atoms with Crippen molar-refractivity contribution in [3.8, 4) is 0 Å². The molecule has 19 heavy (non-hydrogen) atoms. The number of sulfone groups is 1. The number of halogens is 1. The monoisotopic (exact) mass is 301 g/mol. The normalized spacial score (nSPS) is 24.2. The average molecular weight is 302 g/mol. The lowest BCUT2D eigenvalue weighted by atomic mass is 9.94. The van der Waals surface area contributed by atoms with Crippen LogP contribution in [0, 0.1) is 6.92 Å². The van der Waals surface area contributed by atoms with Crippen LogP contribution in [-0.4, -0.2) is 26.0 Å². The van der Waals surface area contributed by atoms with Gasteiger partial charge in [-0.3, -0.25) is 0 Å². The standard InChI is InChI=1S/C14H20ClNO2S/c1-10-6-7-12(9-14(10)15)16-11-4-3-5-13(8-11)19(2,17)18/h6-7,9,11,13,16H,3-5,8H2,1-2H3. The van der Waals surface area contributed by atoms with Crippen molar-refractivity contribution in [3.63, 3.8) is 0 Å². The molecule has 1 N–H and O–H groups in total. The molecule has 0 amide bonds. The molecule has 3 nitrogen and oxygen atoms in total. The van der Waals surface area contributed by atoms with Gasteiger partial charge in [0.15, 0.2) is 0 Å². The second-order valence-electron chi connectivity index (χ2n) is 5.42. The van der Waals surface area contributed by atoms with Crippen molar-refractivity contribution in [2.75, 3.05) is 11.6 Å². The zero-order valence-electron chi connectivity index (χ0n) is 11.3. The van der Waals surface area contributed by atoms with E-state index in [0.29, 0.717) is 6.42 Å². The molecule has 1 aliphatic rings. The van der Waals surface area contributed by atoms with Gasteiger partial charge in [-0.25, -0.2) is 8.42 Å². The van der Waals surface area contributed by atoms with Crippen LogP contribution in [0.25, 0.3) is 0 Å². The number of hydrogen-bond donors (Lipinski definition) is 1. The fraction of sp³-hybridized carbons (Fsp3) is 0.571. The molecule has 1 aliphatic carbocycles. The maximum absolute atomic E-state index is 11.6. The van der Waals surface area contributed by atoms with Crippen LogP contribution in [0.3, 0.4) is 0 Å². The first kappa shape index (κ1) is 14.7. The van der Waals surface area contributed by atoms with E-state index in [0.717, 1.165) is 35.5 Å². The first-order valence-electron chi connectivity index (χ1n) is 6.58. The van der Waals surface area contributed by atoms with Gasteiger partial charge < -0.3 is 5.32 Å². The van der Waals surface area contributed by atoms with E-state index in [1.807, 2.05) is 25.1 Å². The molecule has 2 atom stereocenters. The summed E-state index contributed by atoms with van der Waals surface area (Å²) < 4.78 is 23.3. The van der Waals surface area contributed by atoms with Gasteiger partial charge in [-0.15, -0.1) is 0 Å². The Morgan fingerprint density at radius 1 is 1.32 bits per heavy atom. The summed E-state index contributed by atoms with van der Waals surface area (Å²) in [6, 6.07) is 6.08. The Labute approximate surface area is 120 Å². The van der Waals surface area contributed by atoms with Crippen molar-refractivity contribution in [2.24, 2.45) is 0 Å². The molecule has 2 rings (SSSR count). The van der Waals surface area contributed by atoms with Crippen LogP contribution in [0.5, 0.6) is 0 Å². The first-order valence-corrected chi connectivity index (χ1v) is 8.91. The molecule has 2 unspecified atom stereocenters. The van der Waals surface area contributed by atoms with Crippen LogP contribution in [0.4, 0.5) is 5.69 Å². The molecule has 0 spiro atoms. The van der Waals surface area contributed by atoms with Gasteiger partial charge >= 0.3 is 0 Å². The Hall–Kier alpha value is -0.740. The third kappa shape index (κ3) is 3.86. The quantitative estimate of drug-likeness (QED) is 0.930. The molecule has 1 aromatic rings. The number of aryl methyl sites for hydroxylation is 1. The molecule has 1 aromatic carbocycles. The summed E-state index contributed by atoms with van der Waals surface area (Å²) in [5.41, 5.74) is 2.01. The molecule has 0 bridgehead atoms. The summed E-state index contributed by atoms with van der Waals surface area (Å²) in [5.74, 6) is 0. The molecule has 106 valence electrons. The van der Waals surface area contributed by atoms with E-state index < -0.39 is 9.84 Å². The molecule has 1 saturated carbocycles. The minimum atomic E-state index is -2.93. The van der Waals surface area contributed by atoms with Crippen LogP contribution in [0.2, 0.25) is 5.02 Å². The summed E-state index contributed by atoms with van der Waals surface area (Å²) in [6.45, 7) is 1.96. The van der Waals surface area contributed by atoms with Gasteiger partial charge in [-0.1, -0.05) is 24.1 Å². The maximum Gasteiger partial charge on any atom is 0.150 e. The Morgan fingerprint density at radius 2 is 2.05 bits per heavy atom. The highest BCUT2D eigenvalue weighted by molar-refractivity contribution is 7.91. The van der Waals surface area contributed by atoms with E-state index in [2.05, 4.69) is 5.32 Å². The molecule has 1 fully saturated rings. The van der Waals surface area contributed by atoms with Gasteiger partial charge in [0.05, 0.1) is 5.25 Å². The second kappa shape index (κ2) is 5.71. The Balaban J connectivity index is 2.04. The van der Waals surface area contributed by atoms with Crippen molar-refractivity contribution in [1.82, 2.24) is 0 Å². The topological polar surface area (TPSA) is 46.2 Å². The zero-order chi connectivity index (χ0) is 14.0. The summed E-state index contributed by atoms with van der Waals surface area (Å²) >= 11 is 6.10. The minimum Gasteiger partial charge on any atom is -0.382 e. The molecular weight excluding hydrogens is 282 g/mol. The van der Waals surface area contributed by atoms with Gasteiger partial charge in [0.2, 0.25) is 0 Å². The lowest BCUT2D eigenvalue weighted by molar-refractivity contribution is 0.453. The summed E-state index contributed by atoms with van der Waals surface area (Å²) in [6.07, 6.45) is 4.77. The molecular formula is C14H20ClNO2S. The minimum absolute atomic E-state index is 0.209. The van der Waals surface area contributed by atoms with Crippen LogP contribution >= 0.6 is 11.6 Å². The number of rotatable bonds is 3.